The molecule has 2 saturated heterocycles. The fraction of sp³-hybridized carbons (Fsp3) is 0.625. The SMILES string of the molecule is O=C(c1ccc(N2CC(F)(F)C2)c(OCC2CC2)n1)N1CC(F)(F)C1. The van der Waals surface area contributed by atoms with Gasteiger partial charge in [0.25, 0.3) is 17.8 Å². The maximum Gasteiger partial charge on any atom is 0.282 e. The number of hydrogen-bond acceptors (Lipinski definition) is 4. The van der Waals surface area contributed by atoms with Gasteiger partial charge in [-0.15, -0.1) is 0 Å². The minimum absolute atomic E-state index is 0.0164. The molecule has 0 bridgehead atoms. The van der Waals surface area contributed by atoms with Gasteiger partial charge in [-0.25, -0.2) is 22.5 Å². The van der Waals surface area contributed by atoms with Crippen molar-refractivity contribution in [2.75, 3.05) is 37.7 Å². The Bertz CT molecular complexity index is 693. The Morgan fingerprint density at radius 3 is 2.32 bits per heavy atom. The van der Waals surface area contributed by atoms with Gasteiger partial charge in [0.05, 0.1) is 32.8 Å². The molecule has 25 heavy (non-hydrogen) atoms. The van der Waals surface area contributed by atoms with Gasteiger partial charge in [0, 0.05) is 0 Å². The quantitative estimate of drug-likeness (QED) is 0.758. The lowest BCUT2D eigenvalue weighted by Gasteiger charge is -2.41. The van der Waals surface area contributed by atoms with Gasteiger partial charge in [0.1, 0.15) is 11.4 Å². The van der Waals surface area contributed by atoms with Crippen LogP contribution >= 0.6 is 0 Å². The van der Waals surface area contributed by atoms with Crippen LogP contribution in [0.5, 0.6) is 5.88 Å². The molecule has 3 fully saturated rings. The normalized spacial score (nSPS) is 23.7. The lowest BCUT2D eigenvalue weighted by atomic mass is 10.1. The highest BCUT2D eigenvalue weighted by Crippen LogP contribution is 2.38. The van der Waals surface area contributed by atoms with Gasteiger partial charge in [-0.05, 0) is 30.9 Å². The molecule has 0 unspecified atom stereocenters. The molecule has 0 radical (unpaired) electrons. The van der Waals surface area contributed by atoms with Gasteiger partial charge >= 0.3 is 0 Å². The summed E-state index contributed by atoms with van der Waals surface area (Å²) in [5, 5.41) is 0. The van der Waals surface area contributed by atoms with Crippen LogP contribution in [-0.4, -0.2) is 60.4 Å². The Balaban J connectivity index is 1.52. The molecule has 0 aromatic carbocycles. The predicted molar refractivity (Wildman–Crippen MR) is 80.5 cm³/mol. The number of carbonyl (C=O) groups excluding carboxylic acids is 1. The molecule has 5 nitrogen and oxygen atoms in total. The Morgan fingerprint density at radius 1 is 1.12 bits per heavy atom. The van der Waals surface area contributed by atoms with E-state index in [9.17, 15) is 22.4 Å². The van der Waals surface area contributed by atoms with Crippen LogP contribution in [0.2, 0.25) is 0 Å². The summed E-state index contributed by atoms with van der Waals surface area (Å²) in [6.45, 7) is -1.72. The molecule has 2 aliphatic heterocycles. The third-order valence-corrected chi connectivity index (χ3v) is 4.53. The van der Waals surface area contributed by atoms with Crippen molar-refractivity contribution in [1.82, 2.24) is 9.88 Å². The van der Waals surface area contributed by atoms with Gasteiger partial charge in [0.15, 0.2) is 0 Å². The van der Waals surface area contributed by atoms with Crippen LogP contribution in [0.3, 0.4) is 0 Å². The molecule has 3 heterocycles. The van der Waals surface area contributed by atoms with E-state index < -0.39 is 43.9 Å². The van der Waals surface area contributed by atoms with Gasteiger partial charge in [-0.1, -0.05) is 0 Å². The Morgan fingerprint density at radius 2 is 1.76 bits per heavy atom. The van der Waals surface area contributed by atoms with E-state index in [4.69, 9.17) is 4.74 Å². The number of nitrogens with zero attached hydrogens (tertiary/aromatic N) is 3. The molecule has 1 aromatic rings. The first-order chi connectivity index (χ1) is 11.7. The number of likely N-dealkylation sites (tertiary alicyclic amines) is 1. The summed E-state index contributed by atoms with van der Waals surface area (Å²) in [5.41, 5.74) is 0.384. The number of halogens is 4. The zero-order valence-corrected chi connectivity index (χ0v) is 13.4. The Labute approximate surface area is 141 Å². The molecule has 1 amide bonds. The molecule has 0 spiro atoms. The lowest BCUT2D eigenvalue weighted by molar-refractivity contribution is -0.113. The van der Waals surface area contributed by atoms with Crippen molar-refractivity contribution in [3.8, 4) is 5.88 Å². The van der Waals surface area contributed by atoms with E-state index in [-0.39, 0.29) is 11.6 Å². The van der Waals surface area contributed by atoms with Crippen LogP contribution in [0, 0.1) is 5.92 Å². The van der Waals surface area contributed by atoms with E-state index in [1.165, 1.54) is 17.0 Å². The molecule has 1 saturated carbocycles. The summed E-state index contributed by atoms with van der Waals surface area (Å²) in [7, 11) is 0. The molecule has 1 aromatic heterocycles. The molecule has 4 rings (SSSR count). The molecule has 9 heteroatoms. The van der Waals surface area contributed by atoms with E-state index >= 15 is 0 Å². The van der Waals surface area contributed by atoms with E-state index in [0.29, 0.717) is 18.2 Å². The topological polar surface area (TPSA) is 45.7 Å². The maximum atomic E-state index is 13.1. The van der Waals surface area contributed by atoms with Crippen LogP contribution in [-0.2, 0) is 0 Å². The first-order valence-electron chi connectivity index (χ1n) is 8.16. The summed E-state index contributed by atoms with van der Waals surface area (Å²) in [4.78, 5) is 18.8. The number of pyridine rings is 1. The van der Waals surface area contributed by atoms with Crippen LogP contribution in [0.25, 0.3) is 0 Å². The second-order valence-corrected chi connectivity index (χ2v) is 7.00. The van der Waals surface area contributed by atoms with E-state index in [1.807, 2.05) is 0 Å². The zero-order valence-electron chi connectivity index (χ0n) is 13.4. The molecular weight excluding hydrogens is 342 g/mol. The zero-order chi connectivity index (χ0) is 17.8. The fourth-order valence-corrected chi connectivity index (χ4v) is 2.88. The molecular formula is C16H17F4N3O2. The largest absolute Gasteiger partial charge is 0.476 e. The fourth-order valence-electron chi connectivity index (χ4n) is 2.88. The average Bonchev–Trinajstić information content (AvgIpc) is 3.31. The van der Waals surface area contributed by atoms with Crippen molar-refractivity contribution < 1.29 is 27.1 Å². The minimum atomic E-state index is -2.86. The molecule has 3 aliphatic rings. The first kappa shape index (κ1) is 16.4. The van der Waals surface area contributed by atoms with Crippen molar-refractivity contribution in [3.63, 3.8) is 0 Å². The minimum Gasteiger partial charge on any atom is -0.476 e. The molecule has 0 N–H and O–H groups in total. The summed E-state index contributed by atoms with van der Waals surface area (Å²) >= 11 is 0. The highest BCUT2D eigenvalue weighted by molar-refractivity contribution is 5.93. The number of aromatic nitrogens is 1. The van der Waals surface area contributed by atoms with Crippen LogP contribution < -0.4 is 9.64 Å². The number of alkyl halides is 4. The average molecular weight is 359 g/mol. The van der Waals surface area contributed by atoms with Crippen LogP contribution in [0.4, 0.5) is 23.2 Å². The third kappa shape index (κ3) is 3.36. The third-order valence-electron chi connectivity index (χ3n) is 4.53. The van der Waals surface area contributed by atoms with Crippen molar-refractivity contribution in [2.24, 2.45) is 5.92 Å². The number of amides is 1. The maximum absolute atomic E-state index is 13.1. The number of anilines is 1. The van der Waals surface area contributed by atoms with Crippen LogP contribution in [0.1, 0.15) is 23.3 Å². The van der Waals surface area contributed by atoms with Crippen molar-refractivity contribution in [3.05, 3.63) is 17.8 Å². The highest BCUT2D eigenvalue weighted by atomic mass is 19.3. The van der Waals surface area contributed by atoms with Gasteiger partial charge < -0.3 is 14.5 Å². The van der Waals surface area contributed by atoms with Gasteiger partial charge in [-0.2, -0.15) is 0 Å². The summed E-state index contributed by atoms with van der Waals surface area (Å²) in [6, 6.07) is 2.87. The summed E-state index contributed by atoms with van der Waals surface area (Å²) in [5.74, 6) is -5.68. The highest BCUT2D eigenvalue weighted by Gasteiger charge is 2.47. The predicted octanol–water partition coefficient (Wildman–Crippen LogP) is 2.42. The molecule has 0 atom stereocenters. The van der Waals surface area contributed by atoms with Crippen molar-refractivity contribution in [1.29, 1.82) is 0 Å². The smallest absolute Gasteiger partial charge is 0.282 e. The van der Waals surface area contributed by atoms with Gasteiger partial charge in [-0.3, -0.25) is 4.79 Å². The van der Waals surface area contributed by atoms with Crippen LogP contribution in [0.15, 0.2) is 12.1 Å². The second kappa shape index (κ2) is 5.47. The van der Waals surface area contributed by atoms with Crippen molar-refractivity contribution in [2.45, 2.75) is 24.7 Å². The first-order valence-corrected chi connectivity index (χ1v) is 8.16. The summed E-state index contributed by atoms with van der Waals surface area (Å²) < 4.78 is 57.8. The Hall–Kier alpha value is -2.06. The number of hydrogen-bond donors (Lipinski definition) is 0. The monoisotopic (exact) mass is 359 g/mol. The standard InChI is InChI=1S/C16H17F4N3O2/c17-15(18)6-22(7-15)12-4-3-11(14(24)23-8-16(19,20)9-23)21-13(12)25-5-10-1-2-10/h3-4,10H,1-2,5-9H2. The second-order valence-electron chi connectivity index (χ2n) is 7.00. The number of rotatable bonds is 5. The molecule has 136 valence electrons. The van der Waals surface area contributed by atoms with E-state index in [1.54, 1.807) is 0 Å². The molecule has 1 aliphatic carbocycles. The van der Waals surface area contributed by atoms with Crippen molar-refractivity contribution >= 4 is 11.6 Å². The van der Waals surface area contributed by atoms with Gasteiger partial charge in [0.2, 0.25) is 5.88 Å². The number of ether oxygens (including phenoxy) is 1. The van der Waals surface area contributed by atoms with E-state index in [0.717, 1.165) is 17.7 Å². The Kier molecular flexibility index (Phi) is 3.59. The lowest BCUT2D eigenvalue weighted by Crippen LogP contribution is -2.58. The summed E-state index contributed by atoms with van der Waals surface area (Å²) in [6.07, 6.45) is 2.08. The van der Waals surface area contributed by atoms with E-state index in [2.05, 4.69) is 4.98 Å². The number of carbonyl (C=O) groups is 1.